The fraction of sp³-hybridized carbons (Fsp3) is 0. The molecule has 0 aliphatic rings. The lowest BCUT2D eigenvalue weighted by molar-refractivity contribution is -0.402. The minimum Gasteiger partial charge on any atom is -0.401 e. The molecular formula is C11H8N6O6. The summed E-state index contributed by atoms with van der Waals surface area (Å²) in [5.41, 5.74) is 1.64. The third-order valence-electron chi connectivity index (χ3n) is 2.40. The number of allylic oxidation sites excluding steroid dienone is 1. The summed E-state index contributed by atoms with van der Waals surface area (Å²) in [5, 5.41) is 24.5. The summed E-state index contributed by atoms with van der Waals surface area (Å²) < 4.78 is 4.85. The average molecular weight is 320 g/mol. The number of aromatic amines is 1. The molecular weight excluding hydrogens is 312 g/mol. The molecule has 0 saturated carbocycles. The van der Waals surface area contributed by atoms with Gasteiger partial charge in [0.15, 0.2) is 6.33 Å². The lowest BCUT2D eigenvalue weighted by Crippen LogP contribution is -2.19. The highest BCUT2D eigenvalue weighted by molar-refractivity contribution is 5.95. The standard InChI is InChI=1S/C11H8N6O6/c18-11(9-10(17(21)22)13-6-12-9)15-14-5-1-2-7-3-4-8(23-7)16(19)20/h1-6H,(H,12,13)(H,15,18)/b2-1+,14-5-. The van der Waals surface area contributed by atoms with E-state index >= 15 is 0 Å². The molecule has 0 aromatic carbocycles. The molecule has 0 saturated heterocycles. The molecule has 0 aliphatic heterocycles. The third-order valence-corrected chi connectivity index (χ3v) is 2.40. The van der Waals surface area contributed by atoms with E-state index in [0.717, 1.165) is 12.5 Å². The lowest BCUT2D eigenvalue weighted by Gasteiger charge is -1.95. The van der Waals surface area contributed by atoms with Gasteiger partial charge in [0.25, 0.3) is 5.91 Å². The Morgan fingerprint density at radius 3 is 2.78 bits per heavy atom. The van der Waals surface area contributed by atoms with E-state index in [1.54, 1.807) is 0 Å². The molecule has 0 bridgehead atoms. The van der Waals surface area contributed by atoms with E-state index in [-0.39, 0.29) is 5.76 Å². The van der Waals surface area contributed by atoms with Crippen molar-refractivity contribution in [3.8, 4) is 0 Å². The van der Waals surface area contributed by atoms with Crippen molar-refractivity contribution in [1.29, 1.82) is 0 Å². The Morgan fingerprint density at radius 1 is 1.35 bits per heavy atom. The summed E-state index contributed by atoms with van der Waals surface area (Å²) in [7, 11) is 0. The summed E-state index contributed by atoms with van der Waals surface area (Å²) in [6.07, 6.45) is 4.90. The zero-order valence-corrected chi connectivity index (χ0v) is 11.2. The van der Waals surface area contributed by atoms with Crippen molar-refractivity contribution in [3.63, 3.8) is 0 Å². The van der Waals surface area contributed by atoms with Crippen LogP contribution in [0.5, 0.6) is 0 Å². The topological polar surface area (TPSA) is 170 Å². The van der Waals surface area contributed by atoms with Crippen molar-refractivity contribution >= 4 is 29.9 Å². The quantitative estimate of drug-likeness (QED) is 0.458. The molecule has 12 heteroatoms. The van der Waals surface area contributed by atoms with Crippen molar-refractivity contribution in [2.45, 2.75) is 0 Å². The summed E-state index contributed by atoms with van der Waals surface area (Å²) >= 11 is 0. The summed E-state index contributed by atoms with van der Waals surface area (Å²) in [6, 6.07) is 2.57. The molecule has 118 valence electrons. The Bertz CT molecular complexity index is 804. The first kappa shape index (κ1) is 15.6. The largest absolute Gasteiger partial charge is 0.433 e. The summed E-state index contributed by atoms with van der Waals surface area (Å²) in [6.45, 7) is 0. The van der Waals surface area contributed by atoms with Gasteiger partial charge in [-0.25, -0.2) is 15.4 Å². The number of nitro groups is 2. The Kier molecular flexibility index (Phi) is 4.57. The fourth-order valence-electron chi connectivity index (χ4n) is 1.45. The fourth-order valence-corrected chi connectivity index (χ4v) is 1.45. The van der Waals surface area contributed by atoms with Crippen molar-refractivity contribution in [1.82, 2.24) is 15.4 Å². The van der Waals surface area contributed by atoms with Crippen LogP contribution in [0.1, 0.15) is 16.2 Å². The minimum atomic E-state index is -0.865. The second kappa shape index (κ2) is 6.75. The minimum absolute atomic E-state index is 0.220. The zero-order chi connectivity index (χ0) is 16.8. The van der Waals surface area contributed by atoms with Crippen LogP contribution in [0.2, 0.25) is 0 Å². The highest BCUT2D eigenvalue weighted by Gasteiger charge is 2.21. The van der Waals surface area contributed by atoms with Gasteiger partial charge in [0.05, 0.1) is 6.07 Å². The molecule has 0 aliphatic carbocycles. The molecule has 0 fully saturated rings. The molecule has 2 rings (SSSR count). The van der Waals surface area contributed by atoms with Gasteiger partial charge in [-0.2, -0.15) is 5.10 Å². The number of amides is 1. The smallest absolute Gasteiger partial charge is 0.401 e. The Balaban J connectivity index is 1.92. The van der Waals surface area contributed by atoms with Gasteiger partial charge < -0.3 is 14.5 Å². The first-order chi connectivity index (χ1) is 11.0. The number of imidazole rings is 1. The molecule has 12 nitrogen and oxygen atoms in total. The molecule has 2 heterocycles. The van der Waals surface area contributed by atoms with Crippen LogP contribution in [0, 0.1) is 20.2 Å². The van der Waals surface area contributed by atoms with Crippen molar-refractivity contribution < 1.29 is 19.1 Å². The van der Waals surface area contributed by atoms with Crippen LogP contribution in [0.15, 0.2) is 34.1 Å². The van der Waals surface area contributed by atoms with Crippen LogP contribution in [0.4, 0.5) is 11.7 Å². The number of hydrazone groups is 1. The SMILES string of the molecule is O=C(N/N=C\C=C\c1ccc([N+](=O)[O-])o1)c1nc[nH]c1[N+](=O)[O-]. The van der Waals surface area contributed by atoms with Gasteiger partial charge in [0.2, 0.25) is 5.69 Å². The Hall–Kier alpha value is -3.83. The van der Waals surface area contributed by atoms with Crippen molar-refractivity contribution in [2.75, 3.05) is 0 Å². The van der Waals surface area contributed by atoms with E-state index in [0.29, 0.717) is 0 Å². The first-order valence-electron chi connectivity index (χ1n) is 5.91. The van der Waals surface area contributed by atoms with Crippen LogP contribution in [0.25, 0.3) is 6.08 Å². The maximum atomic E-state index is 11.6. The van der Waals surface area contributed by atoms with Gasteiger partial charge in [0, 0.05) is 6.21 Å². The van der Waals surface area contributed by atoms with Crippen molar-refractivity contribution in [3.05, 3.63) is 56.2 Å². The predicted molar refractivity (Wildman–Crippen MR) is 75.6 cm³/mol. The molecule has 0 atom stereocenters. The van der Waals surface area contributed by atoms with E-state index < -0.39 is 33.1 Å². The van der Waals surface area contributed by atoms with Gasteiger partial charge in [-0.3, -0.25) is 14.9 Å². The molecule has 0 radical (unpaired) electrons. The predicted octanol–water partition coefficient (Wildman–Crippen LogP) is 1.25. The maximum absolute atomic E-state index is 11.6. The van der Waals surface area contributed by atoms with Crippen LogP contribution in [-0.2, 0) is 0 Å². The zero-order valence-electron chi connectivity index (χ0n) is 11.2. The number of carbonyl (C=O) groups is 1. The van der Waals surface area contributed by atoms with Gasteiger partial charge in [-0.05, 0) is 23.1 Å². The molecule has 2 N–H and O–H groups in total. The maximum Gasteiger partial charge on any atom is 0.433 e. The molecule has 2 aromatic rings. The van der Waals surface area contributed by atoms with Gasteiger partial charge in [-0.1, -0.05) is 0 Å². The van der Waals surface area contributed by atoms with Gasteiger partial charge in [0.1, 0.15) is 10.7 Å². The van der Waals surface area contributed by atoms with Crippen LogP contribution in [-0.4, -0.2) is 31.9 Å². The molecule has 0 spiro atoms. The van der Waals surface area contributed by atoms with Crippen LogP contribution < -0.4 is 5.43 Å². The van der Waals surface area contributed by atoms with Gasteiger partial charge >= 0.3 is 11.7 Å². The summed E-state index contributed by atoms with van der Waals surface area (Å²) in [5.74, 6) is -1.59. The Morgan fingerprint density at radius 2 is 2.13 bits per heavy atom. The number of nitrogens with one attached hydrogen (secondary N) is 2. The third kappa shape index (κ3) is 3.84. The normalized spacial score (nSPS) is 11.1. The second-order valence-electron chi connectivity index (χ2n) is 3.87. The average Bonchev–Trinajstić information content (AvgIpc) is 3.15. The van der Waals surface area contributed by atoms with E-state index in [9.17, 15) is 25.0 Å². The number of aromatic nitrogens is 2. The number of hydrogen-bond donors (Lipinski definition) is 2. The number of H-pyrrole nitrogens is 1. The van der Waals surface area contributed by atoms with Crippen LogP contribution in [0.3, 0.4) is 0 Å². The molecule has 23 heavy (non-hydrogen) atoms. The number of carbonyl (C=O) groups excluding carboxylic acids is 1. The molecule has 1 amide bonds. The van der Waals surface area contributed by atoms with Gasteiger partial charge in [-0.15, -0.1) is 0 Å². The van der Waals surface area contributed by atoms with Crippen molar-refractivity contribution in [2.24, 2.45) is 5.10 Å². The molecule has 2 aromatic heterocycles. The van der Waals surface area contributed by atoms with Crippen LogP contribution >= 0.6 is 0 Å². The second-order valence-corrected chi connectivity index (χ2v) is 3.87. The molecule has 0 unspecified atom stereocenters. The first-order valence-corrected chi connectivity index (χ1v) is 5.91. The summed E-state index contributed by atoms with van der Waals surface area (Å²) in [4.78, 5) is 36.9. The van der Waals surface area contributed by atoms with E-state index in [1.807, 2.05) is 5.43 Å². The van der Waals surface area contributed by atoms with E-state index in [2.05, 4.69) is 15.1 Å². The van der Waals surface area contributed by atoms with E-state index in [1.165, 1.54) is 24.3 Å². The number of rotatable bonds is 6. The number of hydrogen-bond acceptors (Lipinski definition) is 8. The number of nitrogens with zero attached hydrogens (tertiary/aromatic N) is 4. The lowest BCUT2D eigenvalue weighted by atomic mass is 10.4. The number of furan rings is 1. The highest BCUT2D eigenvalue weighted by atomic mass is 16.6. The van der Waals surface area contributed by atoms with E-state index in [4.69, 9.17) is 4.42 Å². The Labute approximate surface area is 126 Å². The highest BCUT2D eigenvalue weighted by Crippen LogP contribution is 2.16. The monoisotopic (exact) mass is 320 g/mol.